The van der Waals surface area contributed by atoms with E-state index in [0.717, 1.165) is 54.9 Å². The zero-order valence-electron chi connectivity index (χ0n) is 17.8. The first-order valence-corrected chi connectivity index (χ1v) is 11.9. The van der Waals surface area contributed by atoms with Crippen LogP contribution in [-0.4, -0.2) is 65.2 Å². The highest BCUT2D eigenvalue weighted by Crippen LogP contribution is 2.34. The number of aromatic amines is 2. The molecule has 0 saturated carbocycles. The smallest absolute Gasteiger partial charge is 0.261 e. The Balaban J connectivity index is 1.40. The molecule has 6 rings (SSSR count). The van der Waals surface area contributed by atoms with Crippen molar-refractivity contribution in [2.75, 3.05) is 38.2 Å². The number of rotatable bonds is 5. The van der Waals surface area contributed by atoms with E-state index in [1.807, 2.05) is 5.38 Å². The van der Waals surface area contributed by atoms with E-state index in [0.29, 0.717) is 23.1 Å². The van der Waals surface area contributed by atoms with Gasteiger partial charge in [-0.2, -0.15) is 0 Å². The lowest BCUT2D eigenvalue weighted by molar-refractivity contribution is -0.0634. The van der Waals surface area contributed by atoms with Crippen LogP contribution in [0.2, 0.25) is 0 Å². The highest BCUT2D eigenvalue weighted by Gasteiger charge is 2.28. The molecule has 2 aliphatic rings. The fourth-order valence-electron chi connectivity index (χ4n) is 4.75. The van der Waals surface area contributed by atoms with Gasteiger partial charge in [-0.1, -0.05) is 0 Å². The second-order valence-corrected chi connectivity index (χ2v) is 9.51. The van der Waals surface area contributed by atoms with Gasteiger partial charge in [-0.25, -0.2) is 13.8 Å². The highest BCUT2D eigenvalue weighted by molar-refractivity contribution is 7.17. The van der Waals surface area contributed by atoms with E-state index in [1.165, 1.54) is 22.5 Å². The molecule has 1 fully saturated rings. The number of alkyl halides is 2. The maximum atomic E-state index is 13.0. The number of nitrogens with zero attached hydrogens (tertiary/aromatic N) is 2. The maximum Gasteiger partial charge on any atom is 0.261 e. The minimum absolute atomic E-state index is 0.258. The summed E-state index contributed by atoms with van der Waals surface area (Å²) in [6, 6.07) is 6.50. The average Bonchev–Trinajstić information content (AvgIpc) is 3.32. The lowest BCUT2D eigenvalue weighted by Gasteiger charge is -2.36. The maximum absolute atomic E-state index is 13.0. The number of ether oxygens (including phenoxy) is 1. The fraction of sp³-hybridized carbons (Fsp3) is 0.391. The van der Waals surface area contributed by atoms with Crippen molar-refractivity contribution >= 4 is 38.3 Å². The number of anilines is 1. The van der Waals surface area contributed by atoms with E-state index in [2.05, 4.69) is 32.3 Å². The first-order chi connectivity index (χ1) is 16.1. The molecule has 33 heavy (non-hydrogen) atoms. The predicted molar refractivity (Wildman–Crippen MR) is 126 cm³/mol. The van der Waals surface area contributed by atoms with Crippen molar-refractivity contribution < 1.29 is 13.5 Å². The number of hydrogen-bond acceptors (Lipinski definition) is 6. The predicted octanol–water partition coefficient (Wildman–Crippen LogP) is 3.61. The van der Waals surface area contributed by atoms with Crippen LogP contribution in [0.15, 0.2) is 28.4 Å². The van der Waals surface area contributed by atoms with Crippen molar-refractivity contribution in [3.05, 3.63) is 45.1 Å². The topological polar surface area (TPSA) is 86.0 Å². The van der Waals surface area contributed by atoms with Gasteiger partial charge in [0.15, 0.2) is 0 Å². The van der Waals surface area contributed by atoms with E-state index in [4.69, 9.17) is 9.72 Å². The van der Waals surface area contributed by atoms with Gasteiger partial charge in [-0.15, -0.1) is 11.3 Å². The Bertz CT molecular complexity index is 1350. The number of pyridine rings is 1. The van der Waals surface area contributed by atoms with Gasteiger partial charge in [-0.3, -0.25) is 9.69 Å². The Morgan fingerprint density at radius 1 is 1.18 bits per heavy atom. The van der Waals surface area contributed by atoms with Crippen molar-refractivity contribution in [3.63, 3.8) is 0 Å². The summed E-state index contributed by atoms with van der Waals surface area (Å²) < 4.78 is 32.0. The molecule has 172 valence electrons. The van der Waals surface area contributed by atoms with Crippen LogP contribution in [0.4, 0.5) is 14.5 Å². The molecule has 3 aromatic heterocycles. The highest BCUT2D eigenvalue weighted by atomic mass is 32.1. The number of imidazole rings is 1. The van der Waals surface area contributed by atoms with E-state index >= 15 is 0 Å². The second-order valence-electron chi connectivity index (χ2n) is 8.59. The van der Waals surface area contributed by atoms with Crippen molar-refractivity contribution in [3.8, 4) is 11.4 Å². The molecule has 1 aromatic carbocycles. The molecule has 0 bridgehead atoms. The van der Waals surface area contributed by atoms with Gasteiger partial charge in [0.25, 0.3) is 12.0 Å². The van der Waals surface area contributed by atoms with Gasteiger partial charge in [0.2, 0.25) is 0 Å². The van der Waals surface area contributed by atoms with Gasteiger partial charge in [0.1, 0.15) is 11.4 Å². The zero-order valence-corrected chi connectivity index (χ0v) is 18.6. The Morgan fingerprint density at radius 3 is 2.70 bits per heavy atom. The summed E-state index contributed by atoms with van der Waals surface area (Å²) in [6.45, 7) is 3.06. The quantitative estimate of drug-likeness (QED) is 0.414. The van der Waals surface area contributed by atoms with Crippen LogP contribution < -0.4 is 10.9 Å². The molecule has 0 radical (unpaired) electrons. The number of H-pyrrole nitrogens is 2. The molecule has 2 aliphatic heterocycles. The van der Waals surface area contributed by atoms with E-state index in [9.17, 15) is 13.6 Å². The molecular formula is C23H23F2N5O2S. The van der Waals surface area contributed by atoms with Gasteiger partial charge < -0.3 is 20.0 Å². The minimum Gasteiger partial charge on any atom is -0.378 e. The van der Waals surface area contributed by atoms with Crippen molar-refractivity contribution in [2.45, 2.75) is 25.3 Å². The standard InChI is InChI=1S/C23H23F2N5O2S/c24-18(25)9-26-20-19(23(31)29-15-3-6-33-21(15)20)22-27-16-7-12-1-4-30(14-10-32-11-14)5-2-13(12)8-17(16)28-22/h3,6-8,14,18H,1-2,4-5,9-11H2,(H,27,28)(H2,26,29,31). The van der Waals surface area contributed by atoms with Gasteiger partial charge >= 0.3 is 0 Å². The number of thiophene rings is 1. The van der Waals surface area contributed by atoms with Gasteiger partial charge in [0, 0.05) is 13.1 Å². The van der Waals surface area contributed by atoms with Crippen LogP contribution in [0, 0.1) is 0 Å². The molecule has 5 heterocycles. The first kappa shape index (κ1) is 20.8. The van der Waals surface area contributed by atoms with E-state index in [1.54, 1.807) is 6.07 Å². The molecule has 0 aliphatic carbocycles. The summed E-state index contributed by atoms with van der Waals surface area (Å²) in [5.41, 5.74) is 5.06. The second kappa shape index (κ2) is 8.19. The zero-order chi connectivity index (χ0) is 22.5. The Hall–Kier alpha value is -2.82. The summed E-state index contributed by atoms with van der Waals surface area (Å²) in [5, 5.41) is 4.61. The van der Waals surface area contributed by atoms with Crippen LogP contribution in [0.3, 0.4) is 0 Å². The largest absolute Gasteiger partial charge is 0.378 e. The molecule has 0 unspecified atom stereocenters. The molecular weight excluding hydrogens is 448 g/mol. The molecule has 7 nitrogen and oxygen atoms in total. The monoisotopic (exact) mass is 471 g/mol. The Kier molecular flexibility index (Phi) is 5.16. The molecule has 0 atom stereocenters. The molecule has 4 aromatic rings. The SMILES string of the molecule is O=c1[nH]c2ccsc2c(NCC(F)F)c1-c1nc2cc3c(cc2[nH]1)CCN(C1COC1)CC3. The summed E-state index contributed by atoms with van der Waals surface area (Å²) in [5.74, 6) is 0.381. The van der Waals surface area contributed by atoms with Crippen LogP contribution in [0.5, 0.6) is 0 Å². The first-order valence-electron chi connectivity index (χ1n) is 11.1. The third-order valence-electron chi connectivity index (χ3n) is 6.56. The summed E-state index contributed by atoms with van der Waals surface area (Å²) in [7, 11) is 0. The molecule has 10 heteroatoms. The molecule has 0 amide bonds. The normalized spacial score (nSPS) is 17.4. The van der Waals surface area contributed by atoms with Crippen molar-refractivity contribution in [1.82, 2.24) is 19.9 Å². The average molecular weight is 472 g/mol. The third kappa shape index (κ3) is 3.71. The van der Waals surface area contributed by atoms with Gasteiger partial charge in [-0.05, 0) is 47.5 Å². The van der Waals surface area contributed by atoms with Crippen molar-refractivity contribution in [1.29, 1.82) is 0 Å². The number of halogens is 2. The number of aromatic nitrogens is 3. The third-order valence-corrected chi connectivity index (χ3v) is 7.50. The number of fused-ring (bicyclic) bond motifs is 3. The summed E-state index contributed by atoms with van der Waals surface area (Å²) >= 11 is 1.39. The van der Waals surface area contributed by atoms with Crippen LogP contribution >= 0.6 is 11.3 Å². The lowest BCUT2D eigenvalue weighted by Crippen LogP contribution is -2.49. The minimum atomic E-state index is -2.54. The Labute approximate surface area is 191 Å². The molecule has 1 saturated heterocycles. The van der Waals surface area contributed by atoms with Crippen LogP contribution in [0.1, 0.15) is 11.1 Å². The lowest BCUT2D eigenvalue weighted by atomic mass is 10.0. The molecule has 0 spiro atoms. The summed E-state index contributed by atoms with van der Waals surface area (Å²) in [4.78, 5) is 26.3. The number of nitrogens with one attached hydrogen (secondary N) is 3. The number of hydrogen-bond donors (Lipinski definition) is 3. The van der Waals surface area contributed by atoms with Crippen LogP contribution in [0.25, 0.3) is 32.6 Å². The molecule has 3 N–H and O–H groups in total. The van der Waals surface area contributed by atoms with Crippen molar-refractivity contribution in [2.24, 2.45) is 0 Å². The Morgan fingerprint density at radius 2 is 1.97 bits per heavy atom. The van der Waals surface area contributed by atoms with Gasteiger partial charge in [0.05, 0.1) is 52.7 Å². The van der Waals surface area contributed by atoms with Crippen LogP contribution in [-0.2, 0) is 17.6 Å². The summed E-state index contributed by atoms with van der Waals surface area (Å²) in [6.07, 6.45) is -0.657. The van der Waals surface area contributed by atoms with E-state index < -0.39 is 13.0 Å². The van der Waals surface area contributed by atoms with E-state index in [-0.39, 0.29) is 11.1 Å². The number of benzene rings is 1. The fourth-order valence-corrected chi connectivity index (χ4v) is 5.63.